The van der Waals surface area contributed by atoms with Gasteiger partial charge in [-0.1, -0.05) is 55.7 Å². The molecule has 202 valence electrons. The molecule has 1 aromatic carbocycles. The molecule has 0 bridgehead atoms. The summed E-state index contributed by atoms with van der Waals surface area (Å²) in [6.45, 7) is 22.6. The second-order valence-electron chi connectivity index (χ2n) is 12.8. The number of benzene rings is 1. The fourth-order valence-corrected chi connectivity index (χ4v) is 5.84. The van der Waals surface area contributed by atoms with Crippen molar-refractivity contribution in [2.45, 2.75) is 130 Å². The lowest BCUT2D eigenvalue weighted by Gasteiger charge is -2.38. The molecule has 1 atom stereocenters. The van der Waals surface area contributed by atoms with E-state index in [2.05, 4.69) is 115 Å². The molecule has 0 aliphatic carbocycles. The van der Waals surface area contributed by atoms with Crippen molar-refractivity contribution in [3.05, 3.63) is 57.1 Å². The van der Waals surface area contributed by atoms with Crippen molar-refractivity contribution in [1.82, 2.24) is 0 Å². The molecule has 1 unspecified atom stereocenters. The van der Waals surface area contributed by atoms with Crippen molar-refractivity contribution in [3.63, 3.8) is 0 Å². The zero-order valence-electron chi connectivity index (χ0n) is 24.7. The number of allylic oxidation sites excluding steroid dienone is 6. The third-order valence-corrected chi connectivity index (χ3v) is 12.8. The summed E-state index contributed by atoms with van der Waals surface area (Å²) in [5.41, 5.74) is 5.53. The van der Waals surface area contributed by atoms with Crippen LogP contribution in [0.2, 0.25) is 18.1 Å². The third-order valence-electron chi connectivity index (χ3n) is 7.83. The fourth-order valence-electron chi connectivity index (χ4n) is 4.26. The maximum Gasteiger partial charge on any atom is 0.250 e. The van der Waals surface area contributed by atoms with Crippen LogP contribution in [0.5, 0.6) is 11.5 Å². The molecule has 1 aromatic rings. The van der Waals surface area contributed by atoms with E-state index in [0.717, 1.165) is 60.9 Å². The van der Waals surface area contributed by atoms with Crippen LogP contribution in [0.3, 0.4) is 0 Å². The van der Waals surface area contributed by atoms with Gasteiger partial charge in [0.15, 0.2) is 0 Å². The molecular formula is C32H51BrO2Si. The van der Waals surface area contributed by atoms with Crippen LogP contribution in [-0.2, 0) is 6.42 Å². The van der Waals surface area contributed by atoms with Gasteiger partial charge in [-0.3, -0.25) is 0 Å². The van der Waals surface area contributed by atoms with Crippen molar-refractivity contribution in [2.24, 2.45) is 0 Å². The number of aryl methyl sites for hydroxylation is 1. The molecule has 0 aromatic heterocycles. The van der Waals surface area contributed by atoms with E-state index in [-0.39, 0.29) is 10.6 Å². The minimum atomic E-state index is -1.87. The van der Waals surface area contributed by atoms with Crippen LogP contribution in [0.25, 0.3) is 0 Å². The lowest BCUT2D eigenvalue weighted by atomic mass is 9.88. The largest absolute Gasteiger partial charge is 0.543 e. The Balaban J connectivity index is 1.91. The van der Waals surface area contributed by atoms with Gasteiger partial charge in [0.25, 0.3) is 0 Å². The molecule has 2 nitrogen and oxygen atoms in total. The van der Waals surface area contributed by atoms with Gasteiger partial charge >= 0.3 is 0 Å². The third kappa shape index (κ3) is 9.56. The van der Waals surface area contributed by atoms with Crippen LogP contribution in [0.15, 0.2) is 51.6 Å². The van der Waals surface area contributed by atoms with Gasteiger partial charge in [-0.25, -0.2) is 0 Å². The highest BCUT2D eigenvalue weighted by Crippen LogP contribution is 2.44. The molecule has 0 amide bonds. The summed E-state index contributed by atoms with van der Waals surface area (Å²) in [4.78, 5) is 0. The maximum atomic E-state index is 6.62. The SMILES string of the molecule is CC(C)=CCC/C(C)=C/CC/C(C)=C/CCC1(C)CCc2cc(O[Si](C)(C)C(C)(C)C)cc(Br)c2O1. The van der Waals surface area contributed by atoms with Crippen molar-refractivity contribution in [2.75, 3.05) is 0 Å². The summed E-state index contributed by atoms with van der Waals surface area (Å²) in [6.07, 6.45) is 15.9. The Labute approximate surface area is 231 Å². The lowest BCUT2D eigenvalue weighted by molar-refractivity contribution is 0.0561. The van der Waals surface area contributed by atoms with Gasteiger partial charge in [0, 0.05) is 0 Å². The maximum absolute atomic E-state index is 6.62. The van der Waals surface area contributed by atoms with E-state index >= 15 is 0 Å². The molecule has 1 aliphatic rings. The Morgan fingerprint density at radius 1 is 1.00 bits per heavy atom. The normalized spacial score (nSPS) is 19.0. The predicted octanol–water partition coefficient (Wildman–Crippen LogP) is 11.1. The van der Waals surface area contributed by atoms with Crippen molar-refractivity contribution in [3.8, 4) is 11.5 Å². The summed E-state index contributed by atoms with van der Waals surface area (Å²) >= 11 is 3.79. The number of hydrogen-bond acceptors (Lipinski definition) is 2. The van der Waals surface area contributed by atoms with Crippen LogP contribution in [0.1, 0.15) is 106 Å². The highest BCUT2D eigenvalue weighted by Gasteiger charge is 2.39. The standard InChI is InChI=1S/C32H51BrO2Si/c1-24(2)14-11-15-25(3)16-12-17-26(4)18-13-20-32(8)21-19-27-22-28(23-29(33)30(27)34-32)35-36(9,10)31(5,6)7/h14,16,18,22-23H,11-13,15,17,19-21H2,1-10H3/b25-16+,26-18+. The predicted molar refractivity (Wildman–Crippen MR) is 164 cm³/mol. The monoisotopic (exact) mass is 574 g/mol. The van der Waals surface area contributed by atoms with Gasteiger partial charge in [-0.05, 0) is 138 Å². The molecule has 36 heavy (non-hydrogen) atoms. The van der Waals surface area contributed by atoms with E-state index in [1.807, 2.05) is 0 Å². The van der Waals surface area contributed by atoms with Crippen LogP contribution < -0.4 is 9.16 Å². The number of fused-ring (bicyclic) bond motifs is 1. The number of hydrogen-bond donors (Lipinski definition) is 0. The molecule has 0 N–H and O–H groups in total. The highest BCUT2D eigenvalue weighted by atomic mass is 79.9. The Bertz CT molecular complexity index is 977. The average molecular weight is 576 g/mol. The van der Waals surface area contributed by atoms with Crippen LogP contribution >= 0.6 is 15.9 Å². The quantitative estimate of drug-likeness (QED) is 0.193. The van der Waals surface area contributed by atoms with E-state index in [1.54, 1.807) is 0 Å². The van der Waals surface area contributed by atoms with Gasteiger partial charge in [-0.15, -0.1) is 0 Å². The van der Waals surface area contributed by atoms with E-state index in [1.165, 1.54) is 28.7 Å². The summed E-state index contributed by atoms with van der Waals surface area (Å²) in [7, 11) is -1.87. The van der Waals surface area contributed by atoms with Gasteiger partial charge in [0.2, 0.25) is 8.32 Å². The first-order valence-corrected chi connectivity index (χ1v) is 17.5. The van der Waals surface area contributed by atoms with E-state index in [4.69, 9.17) is 9.16 Å². The first kappa shape index (κ1) is 31.0. The smallest absolute Gasteiger partial charge is 0.250 e. The highest BCUT2D eigenvalue weighted by molar-refractivity contribution is 9.10. The Morgan fingerprint density at radius 3 is 2.17 bits per heavy atom. The van der Waals surface area contributed by atoms with Gasteiger partial charge in [0.05, 0.1) is 4.47 Å². The van der Waals surface area contributed by atoms with Gasteiger partial charge in [0.1, 0.15) is 17.1 Å². The van der Waals surface area contributed by atoms with Crippen LogP contribution in [0.4, 0.5) is 0 Å². The molecule has 1 aliphatic heterocycles. The number of ether oxygens (including phenoxy) is 1. The molecule has 1 heterocycles. The minimum absolute atomic E-state index is 0.129. The topological polar surface area (TPSA) is 18.5 Å². The zero-order valence-corrected chi connectivity index (χ0v) is 27.3. The van der Waals surface area contributed by atoms with Gasteiger partial charge in [-0.2, -0.15) is 0 Å². The summed E-state index contributed by atoms with van der Waals surface area (Å²) in [5.74, 6) is 1.97. The van der Waals surface area contributed by atoms with Crippen molar-refractivity contribution >= 4 is 24.2 Å². The van der Waals surface area contributed by atoms with E-state index in [9.17, 15) is 0 Å². The van der Waals surface area contributed by atoms with Crippen LogP contribution in [0, 0.1) is 0 Å². The van der Waals surface area contributed by atoms with E-state index in [0.29, 0.717) is 0 Å². The van der Waals surface area contributed by atoms with Gasteiger partial charge < -0.3 is 9.16 Å². The minimum Gasteiger partial charge on any atom is -0.543 e. The van der Waals surface area contributed by atoms with E-state index < -0.39 is 8.32 Å². The summed E-state index contributed by atoms with van der Waals surface area (Å²) in [5, 5.41) is 0.177. The van der Waals surface area contributed by atoms with Crippen LogP contribution in [-0.4, -0.2) is 13.9 Å². The number of rotatable bonds is 11. The average Bonchev–Trinajstić information content (AvgIpc) is 2.73. The molecule has 0 spiro atoms. The fraction of sp³-hybridized carbons (Fsp3) is 0.625. The zero-order chi connectivity index (χ0) is 27.1. The molecular weight excluding hydrogens is 524 g/mol. The van der Waals surface area contributed by atoms with Crippen molar-refractivity contribution < 1.29 is 9.16 Å². The van der Waals surface area contributed by atoms with Crippen molar-refractivity contribution in [1.29, 1.82) is 0 Å². The molecule has 0 saturated carbocycles. The Kier molecular flexibility index (Phi) is 11.2. The first-order chi connectivity index (χ1) is 16.6. The summed E-state index contributed by atoms with van der Waals surface area (Å²) < 4.78 is 14.2. The second-order valence-corrected chi connectivity index (χ2v) is 18.4. The molecule has 0 fully saturated rings. The Hall–Kier alpha value is -1.26. The number of halogens is 1. The molecule has 2 rings (SSSR count). The first-order valence-electron chi connectivity index (χ1n) is 13.8. The lowest BCUT2D eigenvalue weighted by Crippen LogP contribution is -2.44. The Morgan fingerprint density at radius 2 is 1.58 bits per heavy atom. The summed E-state index contributed by atoms with van der Waals surface area (Å²) in [6, 6.07) is 4.31. The molecule has 0 saturated heterocycles. The second kappa shape index (κ2) is 13.0. The molecule has 4 heteroatoms. The molecule has 0 radical (unpaired) electrons.